The van der Waals surface area contributed by atoms with Gasteiger partial charge in [0.15, 0.2) is 5.13 Å². The van der Waals surface area contributed by atoms with Crippen LogP contribution in [0.3, 0.4) is 0 Å². The Labute approximate surface area is 166 Å². The molecule has 0 spiro atoms. The first-order valence-corrected chi connectivity index (χ1v) is 9.96. The zero-order valence-electron chi connectivity index (χ0n) is 16.2. The fraction of sp³-hybridized carbons (Fsp3) is 0.227. The average Bonchev–Trinajstić information content (AvgIpc) is 3.04. The molecule has 4 aromatic rings. The van der Waals surface area contributed by atoms with Gasteiger partial charge in [-0.15, -0.1) is 0 Å². The molecule has 0 saturated heterocycles. The molecule has 142 valence electrons. The minimum Gasteiger partial charge on any atom is -0.300 e. The molecular formula is C22H21N3O2S. The quantitative estimate of drug-likeness (QED) is 0.549. The lowest BCUT2D eigenvalue weighted by molar-refractivity contribution is -0.118. The van der Waals surface area contributed by atoms with Crippen molar-refractivity contribution in [2.24, 2.45) is 0 Å². The molecule has 0 radical (unpaired) electrons. The van der Waals surface area contributed by atoms with Gasteiger partial charge in [0, 0.05) is 11.5 Å². The average molecular weight is 391 g/mol. The smallest absolute Gasteiger partial charge is 0.252 e. The van der Waals surface area contributed by atoms with E-state index >= 15 is 0 Å². The van der Waals surface area contributed by atoms with Crippen molar-refractivity contribution >= 4 is 43.5 Å². The van der Waals surface area contributed by atoms with E-state index in [4.69, 9.17) is 0 Å². The molecule has 0 aliphatic carbocycles. The number of hydrogen-bond acceptors (Lipinski definition) is 4. The van der Waals surface area contributed by atoms with Crippen molar-refractivity contribution in [3.05, 3.63) is 69.5 Å². The molecular weight excluding hydrogens is 370 g/mol. The molecule has 1 unspecified atom stereocenters. The predicted molar refractivity (Wildman–Crippen MR) is 115 cm³/mol. The molecule has 1 atom stereocenters. The second-order valence-corrected chi connectivity index (χ2v) is 8.20. The van der Waals surface area contributed by atoms with E-state index in [2.05, 4.69) is 16.4 Å². The van der Waals surface area contributed by atoms with Crippen molar-refractivity contribution in [1.29, 1.82) is 0 Å². The molecule has 4 rings (SSSR count). The highest BCUT2D eigenvalue weighted by Crippen LogP contribution is 2.28. The zero-order chi connectivity index (χ0) is 20.0. The topological polar surface area (TPSA) is 64.0 Å². The highest BCUT2D eigenvalue weighted by Gasteiger charge is 2.21. The number of carbonyl (C=O) groups excluding carboxylic acids is 1. The van der Waals surface area contributed by atoms with Gasteiger partial charge >= 0.3 is 0 Å². The number of nitrogens with one attached hydrogen (secondary N) is 1. The van der Waals surface area contributed by atoms with Crippen LogP contribution in [0.15, 0.2) is 47.3 Å². The minimum absolute atomic E-state index is 0.177. The lowest BCUT2D eigenvalue weighted by Crippen LogP contribution is -2.32. The van der Waals surface area contributed by atoms with Gasteiger partial charge in [-0.1, -0.05) is 35.1 Å². The van der Waals surface area contributed by atoms with E-state index in [0.29, 0.717) is 5.13 Å². The number of benzene rings is 2. The second-order valence-electron chi connectivity index (χ2n) is 7.17. The van der Waals surface area contributed by atoms with Gasteiger partial charge in [-0.3, -0.25) is 14.2 Å². The summed E-state index contributed by atoms with van der Waals surface area (Å²) in [5.41, 5.74) is 4.51. The third-order valence-electron chi connectivity index (χ3n) is 4.98. The summed E-state index contributed by atoms with van der Waals surface area (Å²) in [7, 11) is 0. The van der Waals surface area contributed by atoms with Crippen LogP contribution in [0.2, 0.25) is 0 Å². The molecule has 0 aliphatic heterocycles. The largest absolute Gasteiger partial charge is 0.300 e. The van der Waals surface area contributed by atoms with Crippen molar-refractivity contribution in [1.82, 2.24) is 9.55 Å². The summed E-state index contributed by atoms with van der Waals surface area (Å²) in [6.07, 6.45) is 0. The van der Waals surface area contributed by atoms with Crippen LogP contribution in [-0.4, -0.2) is 15.5 Å². The van der Waals surface area contributed by atoms with Gasteiger partial charge in [-0.05, 0) is 57.0 Å². The maximum absolute atomic E-state index is 12.9. The molecule has 0 aliphatic rings. The summed E-state index contributed by atoms with van der Waals surface area (Å²) in [5.74, 6) is -0.258. The van der Waals surface area contributed by atoms with E-state index < -0.39 is 6.04 Å². The molecule has 6 heteroatoms. The number of hydrogen-bond donors (Lipinski definition) is 1. The Morgan fingerprint density at radius 1 is 1.11 bits per heavy atom. The Hall–Kier alpha value is -2.99. The number of amides is 1. The van der Waals surface area contributed by atoms with Crippen LogP contribution in [0.4, 0.5) is 5.13 Å². The normalized spacial score (nSPS) is 12.4. The number of para-hydroxylation sites is 1. The number of aromatic nitrogens is 2. The zero-order valence-corrected chi connectivity index (χ0v) is 17.1. The molecule has 28 heavy (non-hydrogen) atoms. The van der Waals surface area contributed by atoms with Gasteiger partial charge in [0.05, 0.1) is 15.7 Å². The summed E-state index contributed by atoms with van der Waals surface area (Å²) >= 11 is 1.42. The fourth-order valence-electron chi connectivity index (χ4n) is 3.66. The summed E-state index contributed by atoms with van der Waals surface area (Å²) in [4.78, 5) is 30.2. The molecule has 0 fully saturated rings. The Morgan fingerprint density at radius 2 is 1.86 bits per heavy atom. The van der Waals surface area contributed by atoms with Crippen LogP contribution in [0.1, 0.15) is 29.7 Å². The Kier molecular flexibility index (Phi) is 4.51. The Bertz CT molecular complexity index is 1250. The maximum atomic E-state index is 12.9. The van der Waals surface area contributed by atoms with Gasteiger partial charge in [0.2, 0.25) is 5.91 Å². The first-order chi connectivity index (χ1) is 13.3. The van der Waals surface area contributed by atoms with E-state index in [1.54, 1.807) is 17.6 Å². The summed E-state index contributed by atoms with van der Waals surface area (Å²) in [6, 6.07) is 12.8. The lowest BCUT2D eigenvalue weighted by atomic mass is 10.0. The number of thiazole rings is 1. The number of rotatable bonds is 3. The summed E-state index contributed by atoms with van der Waals surface area (Å²) in [5, 5.41) is 4.41. The van der Waals surface area contributed by atoms with Gasteiger partial charge in [0.25, 0.3) is 5.56 Å². The lowest BCUT2D eigenvalue weighted by Gasteiger charge is -2.20. The second kappa shape index (κ2) is 6.87. The molecule has 0 bridgehead atoms. The number of aryl methyl sites for hydroxylation is 3. The van der Waals surface area contributed by atoms with E-state index in [0.717, 1.165) is 37.8 Å². The number of anilines is 1. The van der Waals surface area contributed by atoms with Crippen LogP contribution < -0.4 is 10.9 Å². The predicted octanol–water partition coefficient (Wildman–Crippen LogP) is 4.74. The third kappa shape index (κ3) is 3.10. The van der Waals surface area contributed by atoms with Crippen molar-refractivity contribution in [2.45, 2.75) is 33.7 Å². The highest BCUT2D eigenvalue weighted by atomic mass is 32.1. The molecule has 1 N–H and O–H groups in total. The van der Waals surface area contributed by atoms with Gasteiger partial charge in [-0.2, -0.15) is 0 Å². The molecule has 5 nitrogen and oxygen atoms in total. The minimum atomic E-state index is -0.663. The Morgan fingerprint density at radius 3 is 2.61 bits per heavy atom. The van der Waals surface area contributed by atoms with E-state index in [1.165, 1.54) is 11.3 Å². The van der Waals surface area contributed by atoms with Crippen molar-refractivity contribution < 1.29 is 4.79 Å². The SMILES string of the molecule is Cc1cc(C)c2c(c1)c(C)cc(=O)n2C(C)C(=O)Nc1nc2ccccc2s1. The fourth-order valence-corrected chi connectivity index (χ4v) is 4.53. The van der Waals surface area contributed by atoms with Gasteiger partial charge in [-0.25, -0.2) is 4.98 Å². The first kappa shape index (κ1) is 18.4. The molecule has 1 amide bonds. The molecule has 0 saturated carbocycles. The van der Waals surface area contributed by atoms with Crippen molar-refractivity contribution in [3.63, 3.8) is 0 Å². The van der Waals surface area contributed by atoms with Crippen LogP contribution in [0.25, 0.3) is 21.1 Å². The molecule has 2 aromatic carbocycles. The van der Waals surface area contributed by atoms with Crippen LogP contribution in [-0.2, 0) is 4.79 Å². The third-order valence-corrected chi connectivity index (χ3v) is 5.93. The van der Waals surface area contributed by atoms with E-state index in [-0.39, 0.29) is 11.5 Å². The number of carbonyl (C=O) groups is 1. The molecule has 2 heterocycles. The van der Waals surface area contributed by atoms with Gasteiger partial charge in [0.1, 0.15) is 6.04 Å². The Balaban J connectivity index is 1.76. The summed E-state index contributed by atoms with van der Waals surface area (Å²) < 4.78 is 2.59. The monoisotopic (exact) mass is 391 g/mol. The van der Waals surface area contributed by atoms with E-state index in [9.17, 15) is 9.59 Å². The number of pyridine rings is 1. The van der Waals surface area contributed by atoms with Gasteiger partial charge < -0.3 is 5.32 Å². The van der Waals surface area contributed by atoms with Crippen molar-refractivity contribution in [2.75, 3.05) is 5.32 Å². The molecule has 2 aromatic heterocycles. The standard InChI is InChI=1S/C22H21N3O2S/c1-12-9-14(3)20-16(10-12)13(2)11-19(26)25(20)15(4)21(27)24-22-23-17-7-5-6-8-18(17)28-22/h5-11,15H,1-4H3,(H,23,24,27). The van der Waals surface area contributed by atoms with Crippen LogP contribution in [0.5, 0.6) is 0 Å². The van der Waals surface area contributed by atoms with Crippen molar-refractivity contribution in [3.8, 4) is 0 Å². The number of nitrogens with zero attached hydrogens (tertiary/aromatic N) is 2. The highest BCUT2D eigenvalue weighted by molar-refractivity contribution is 7.22. The van der Waals surface area contributed by atoms with Crippen LogP contribution in [0, 0.1) is 20.8 Å². The van der Waals surface area contributed by atoms with E-state index in [1.807, 2.05) is 51.1 Å². The van der Waals surface area contributed by atoms with Crippen LogP contribution >= 0.6 is 11.3 Å². The first-order valence-electron chi connectivity index (χ1n) is 9.14. The summed E-state index contributed by atoms with van der Waals surface area (Å²) in [6.45, 7) is 7.68. The maximum Gasteiger partial charge on any atom is 0.252 e. The number of fused-ring (bicyclic) bond motifs is 2.